The molecule has 3 atom stereocenters. The Morgan fingerprint density at radius 3 is 3.00 bits per heavy atom. The third-order valence-corrected chi connectivity index (χ3v) is 4.57. The summed E-state index contributed by atoms with van der Waals surface area (Å²) >= 11 is 8.30. The number of nitrogens with zero attached hydrogens (tertiary/aromatic N) is 1. The summed E-state index contributed by atoms with van der Waals surface area (Å²) < 4.78 is 11.3. The van der Waals surface area contributed by atoms with Gasteiger partial charge in [-0.05, 0) is 18.0 Å². The molecule has 76 valence electrons. The summed E-state index contributed by atoms with van der Waals surface area (Å²) in [6, 6.07) is 0. The summed E-state index contributed by atoms with van der Waals surface area (Å²) in [6.07, 6.45) is 3.86. The van der Waals surface area contributed by atoms with Crippen molar-refractivity contribution in [3.05, 3.63) is 10.7 Å². The molecule has 1 N–H and O–H groups in total. The first kappa shape index (κ1) is 10.5. The Balaban J connectivity index is 2.69. The van der Waals surface area contributed by atoms with Crippen molar-refractivity contribution < 1.29 is 4.21 Å². The summed E-state index contributed by atoms with van der Waals surface area (Å²) in [5, 5.41) is 2.06. The first-order chi connectivity index (χ1) is 6.58. The molecule has 1 aliphatic carbocycles. The number of H-pyrrole nitrogens is 1. The molecule has 1 aromatic rings. The average Bonchev–Trinajstić information content (AvgIpc) is 2.48. The van der Waals surface area contributed by atoms with Crippen molar-refractivity contribution >= 4 is 62.6 Å². The molecule has 1 heterocycles. The number of hydrogen-bond donors (Lipinski definition) is 2. The topological polar surface area (TPSA) is 45.8 Å². The highest BCUT2D eigenvalue weighted by Gasteiger charge is 2.15. The molecule has 2 rings (SSSR count). The zero-order valence-electron chi connectivity index (χ0n) is 7.08. The van der Waals surface area contributed by atoms with Crippen LogP contribution in [0, 0.1) is 0 Å². The Labute approximate surface area is 101 Å². The maximum Gasteiger partial charge on any atom is 0.186 e. The van der Waals surface area contributed by atoms with Crippen molar-refractivity contribution in [1.29, 1.82) is 0 Å². The molecule has 3 nitrogen and oxygen atoms in total. The van der Waals surface area contributed by atoms with E-state index in [9.17, 15) is 4.21 Å². The number of halogens is 2. The number of nitrogens with one attached hydrogen (secondary N) is 1. The minimum absolute atomic E-state index is 0.0425. The van der Waals surface area contributed by atoms with Crippen LogP contribution >= 0.6 is 34.2 Å². The Morgan fingerprint density at radius 1 is 1.64 bits per heavy atom. The van der Waals surface area contributed by atoms with Crippen LogP contribution < -0.4 is 10.7 Å². The van der Waals surface area contributed by atoms with E-state index >= 15 is 0 Å². The minimum atomic E-state index is -1.66. The maximum absolute atomic E-state index is 11.1. The molecule has 0 aliphatic heterocycles. The van der Waals surface area contributed by atoms with E-state index in [2.05, 4.69) is 38.4 Å². The molecule has 0 spiro atoms. The molecule has 0 aromatic carbocycles. The lowest BCUT2D eigenvalue weighted by Crippen LogP contribution is -2.33. The Bertz CT molecular complexity index is 503. The standard InChI is InChI=1S/C8H8ClIN2OS/c1-14(13)8-11-6-2-4(9)5(10)3-7(6)12-8/h2-5,14H,1H2,(H,11,12). The summed E-state index contributed by atoms with van der Waals surface area (Å²) in [5.41, 5.74) is 0. The van der Waals surface area contributed by atoms with E-state index < -0.39 is 10.4 Å². The van der Waals surface area contributed by atoms with Gasteiger partial charge in [-0.2, -0.15) is 0 Å². The predicted molar refractivity (Wildman–Crippen MR) is 69.1 cm³/mol. The van der Waals surface area contributed by atoms with Gasteiger partial charge < -0.3 is 4.98 Å². The first-order valence-electron chi connectivity index (χ1n) is 3.93. The smallest absolute Gasteiger partial charge is 0.186 e. The molecule has 0 fully saturated rings. The lowest BCUT2D eigenvalue weighted by molar-refractivity contribution is 0.687. The molecule has 0 saturated carbocycles. The normalized spacial score (nSPS) is 27.3. The van der Waals surface area contributed by atoms with Crippen molar-refractivity contribution in [3.8, 4) is 0 Å². The van der Waals surface area contributed by atoms with Gasteiger partial charge in [0.1, 0.15) is 0 Å². The van der Waals surface area contributed by atoms with Gasteiger partial charge in [-0.15, -0.1) is 11.6 Å². The van der Waals surface area contributed by atoms with Crippen LogP contribution in [0.1, 0.15) is 0 Å². The number of imidazole rings is 1. The zero-order chi connectivity index (χ0) is 10.3. The van der Waals surface area contributed by atoms with Crippen LogP contribution in [0.15, 0.2) is 5.16 Å². The van der Waals surface area contributed by atoms with Crippen LogP contribution in [0.2, 0.25) is 0 Å². The Kier molecular flexibility index (Phi) is 2.90. The van der Waals surface area contributed by atoms with Gasteiger partial charge in [0.05, 0.1) is 20.0 Å². The van der Waals surface area contributed by atoms with Gasteiger partial charge in [0.15, 0.2) is 5.16 Å². The zero-order valence-corrected chi connectivity index (χ0v) is 10.9. The number of rotatable bonds is 1. The summed E-state index contributed by atoms with van der Waals surface area (Å²) in [4.78, 5) is 7.14. The molecule has 14 heavy (non-hydrogen) atoms. The average molecular weight is 343 g/mol. The second kappa shape index (κ2) is 3.86. The quantitative estimate of drug-likeness (QED) is 0.318. The Hall–Kier alpha value is -0.0100. The lowest BCUT2D eigenvalue weighted by Gasteiger charge is -2.09. The highest BCUT2D eigenvalue weighted by molar-refractivity contribution is 14.1. The molecular formula is C8H8ClIN2OS. The molecule has 3 unspecified atom stereocenters. The second-order valence-corrected chi connectivity index (χ2v) is 6.08. The number of aromatic nitrogens is 2. The van der Waals surface area contributed by atoms with E-state index in [0.29, 0.717) is 5.16 Å². The Morgan fingerprint density at radius 2 is 2.36 bits per heavy atom. The van der Waals surface area contributed by atoms with Gasteiger partial charge in [0, 0.05) is 10.4 Å². The summed E-state index contributed by atoms with van der Waals surface area (Å²) in [5.74, 6) is 3.44. The lowest BCUT2D eigenvalue weighted by atomic mass is 10.2. The minimum Gasteiger partial charge on any atom is -0.332 e. The van der Waals surface area contributed by atoms with E-state index in [0.717, 1.165) is 10.7 Å². The first-order valence-corrected chi connectivity index (χ1v) is 7.06. The van der Waals surface area contributed by atoms with E-state index in [1.54, 1.807) is 0 Å². The van der Waals surface area contributed by atoms with Crippen LogP contribution in [0.5, 0.6) is 0 Å². The summed E-state index contributed by atoms with van der Waals surface area (Å²) in [6.45, 7) is 0. The second-order valence-electron chi connectivity index (χ2n) is 2.96. The molecule has 0 bridgehead atoms. The predicted octanol–water partition coefficient (Wildman–Crippen LogP) is -0.333. The molecule has 6 heteroatoms. The van der Waals surface area contributed by atoms with Crippen LogP contribution in [-0.4, -0.2) is 29.3 Å². The fourth-order valence-corrected chi connectivity index (χ4v) is 2.46. The van der Waals surface area contributed by atoms with E-state index in [-0.39, 0.29) is 9.30 Å². The highest BCUT2D eigenvalue weighted by Crippen LogP contribution is 2.16. The third-order valence-electron chi connectivity index (χ3n) is 1.93. The van der Waals surface area contributed by atoms with E-state index in [1.807, 2.05) is 12.2 Å². The number of thiol groups is 1. The van der Waals surface area contributed by atoms with E-state index in [1.165, 1.54) is 0 Å². The molecule has 1 aliphatic rings. The van der Waals surface area contributed by atoms with Crippen molar-refractivity contribution in [2.75, 3.05) is 0 Å². The van der Waals surface area contributed by atoms with Gasteiger partial charge in [0.25, 0.3) is 0 Å². The van der Waals surface area contributed by atoms with Crippen molar-refractivity contribution in [3.63, 3.8) is 0 Å². The number of alkyl halides is 2. The van der Waals surface area contributed by atoms with Crippen LogP contribution in [0.25, 0.3) is 12.2 Å². The molecule has 0 amide bonds. The molecule has 0 saturated heterocycles. The van der Waals surface area contributed by atoms with Crippen LogP contribution in [-0.2, 0) is 10.4 Å². The molecular weight excluding hydrogens is 335 g/mol. The van der Waals surface area contributed by atoms with Gasteiger partial charge >= 0.3 is 0 Å². The van der Waals surface area contributed by atoms with Gasteiger partial charge in [-0.1, -0.05) is 22.6 Å². The van der Waals surface area contributed by atoms with Gasteiger partial charge in [-0.25, -0.2) is 4.98 Å². The largest absolute Gasteiger partial charge is 0.332 e. The van der Waals surface area contributed by atoms with Crippen molar-refractivity contribution in [2.45, 2.75) is 14.5 Å². The fraction of sp³-hybridized carbons (Fsp3) is 0.250. The van der Waals surface area contributed by atoms with Crippen LogP contribution in [0.3, 0.4) is 0 Å². The monoisotopic (exact) mass is 342 g/mol. The highest BCUT2D eigenvalue weighted by atomic mass is 127. The van der Waals surface area contributed by atoms with Crippen LogP contribution in [0.4, 0.5) is 0 Å². The number of fused-ring (bicyclic) bond motifs is 1. The molecule has 1 aromatic heterocycles. The van der Waals surface area contributed by atoms with Gasteiger partial charge in [0.2, 0.25) is 0 Å². The maximum atomic E-state index is 11.1. The molecule has 0 radical (unpaired) electrons. The van der Waals surface area contributed by atoms with Crippen molar-refractivity contribution in [2.24, 2.45) is 0 Å². The fourth-order valence-electron chi connectivity index (χ4n) is 1.25. The SMILES string of the molecule is C=[SH](=O)c1nc2c([nH]1)=CC(Cl)C(I)C=2. The third kappa shape index (κ3) is 1.85. The van der Waals surface area contributed by atoms with Gasteiger partial charge in [-0.3, -0.25) is 4.21 Å². The van der Waals surface area contributed by atoms with E-state index in [4.69, 9.17) is 11.6 Å². The van der Waals surface area contributed by atoms with Crippen molar-refractivity contribution in [1.82, 2.24) is 9.97 Å². The number of aromatic amines is 1. The number of hydrogen-bond acceptors (Lipinski definition) is 2. The summed E-state index contributed by atoms with van der Waals surface area (Å²) in [7, 11) is -1.66.